The van der Waals surface area contributed by atoms with Crippen LogP contribution in [0.2, 0.25) is 0 Å². The van der Waals surface area contributed by atoms with E-state index in [1.807, 2.05) is 6.07 Å². The molecule has 1 heterocycles. The summed E-state index contributed by atoms with van der Waals surface area (Å²) in [6.07, 6.45) is 0. The third-order valence-electron chi connectivity index (χ3n) is 2.36. The molecule has 0 aliphatic heterocycles. The van der Waals surface area contributed by atoms with Gasteiger partial charge in [0.2, 0.25) is 0 Å². The number of anilines is 1. The van der Waals surface area contributed by atoms with E-state index in [4.69, 9.17) is 15.4 Å². The number of nitriles is 1. The molecule has 90 valence electrons. The molecule has 18 heavy (non-hydrogen) atoms. The smallest absolute Gasteiger partial charge is 0.291 e. The Balaban J connectivity index is 2.08. The lowest BCUT2D eigenvalue weighted by atomic mass is 10.2. The predicted octanol–water partition coefficient (Wildman–Crippen LogP) is 1.86. The highest BCUT2D eigenvalue weighted by atomic mass is 16.4. The maximum atomic E-state index is 11.8. The first-order valence-corrected chi connectivity index (χ1v) is 5.33. The Morgan fingerprint density at radius 3 is 2.56 bits per heavy atom. The summed E-state index contributed by atoms with van der Waals surface area (Å²) in [5.74, 6) is 0.416. The monoisotopic (exact) mass is 241 g/mol. The Kier molecular flexibility index (Phi) is 3.41. The van der Waals surface area contributed by atoms with Crippen molar-refractivity contribution in [1.29, 1.82) is 5.26 Å². The Bertz CT molecular complexity index is 593. The number of nitrogens with two attached hydrogens (primary N) is 1. The third-order valence-corrected chi connectivity index (χ3v) is 2.36. The number of rotatable bonds is 3. The Labute approximate surface area is 104 Å². The molecule has 3 N–H and O–H groups in total. The molecule has 0 fully saturated rings. The number of benzene rings is 1. The minimum Gasteiger partial charge on any atom is -0.455 e. The fourth-order valence-electron chi connectivity index (χ4n) is 1.43. The number of nitrogens with one attached hydrogen (secondary N) is 1. The van der Waals surface area contributed by atoms with Gasteiger partial charge < -0.3 is 15.5 Å². The highest BCUT2D eigenvalue weighted by Gasteiger charge is 2.10. The van der Waals surface area contributed by atoms with Crippen LogP contribution in [0.4, 0.5) is 5.69 Å². The normalized spacial score (nSPS) is 9.78. The SMILES string of the molecule is N#Cc1ccc(NC(=O)c2ccc(CN)o2)cc1. The summed E-state index contributed by atoms with van der Waals surface area (Å²) in [7, 11) is 0. The van der Waals surface area contributed by atoms with E-state index in [1.165, 1.54) is 0 Å². The molecule has 5 heteroatoms. The van der Waals surface area contributed by atoms with Gasteiger partial charge in [-0.3, -0.25) is 4.79 Å². The van der Waals surface area contributed by atoms with E-state index >= 15 is 0 Å². The van der Waals surface area contributed by atoms with Crippen molar-refractivity contribution >= 4 is 11.6 Å². The van der Waals surface area contributed by atoms with Crippen LogP contribution >= 0.6 is 0 Å². The maximum Gasteiger partial charge on any atom is 0.291 e. The van der Waals surface area contributed by atoms with Gasteiger partial charge in [-0.1, -0.05) is 0 Å². The Morgan fingerprint density at radius 1 is 1.28 bits per heavy atom. The van der Waals surface area contributed by atoms with Gasteiger partial charge in [-0.25, -0.2) is 0 Å². The van der Waals surface area contributed by atoms with Gasteiger partial charge in [0.1, 0.15) is 5.76 Å². The molecule has 0 unspecified atom stereocenters. The van der Waals surface area contributed by atoms with Crippen molar-refractivity contribution in [3.63, 3.8) is 0 Å². The van der Waals surface area contributed by atoms with Gasteiger partial charge in [0.25, 0.3) is 5.91 Å². The fraction of sp³-hybridized carbons (Fsp3) is 0.0769. The third kappa shape index (κ3) is 2.56. The summed E-state index contributed by atoms with van der Waals surface area (Å²) < 4.78 is 5.22. The van der Waals surface area contributed by atoms with Gasteiger partial charge in [-0.05, 0) is 36.4 Å². The fourth-order valence-corrected chi connectivity index (χ4v) is 1.43. The minimum atomic E-state index is -0.348. The van der Waals surface area contributed by atoms with Crippen molar-refractivity contribution in [2.45, 2.75) is 6.54 Å². The zero-order valence-corrected chi connectivity index (χ0v) is 9.51. The van der Waals surface area contributed by atoms with E-state index in [2.05, 4.69) is 5.32 Å². The van der Waals surface area contributed by atoms with Crippen LogP contribution in [-0.2, 0) is 6.54 Å². The molecular formula is C13H11N3O2. The van der Waals surface area contributed by atoms with E-state index in [1.54, 1.807) is 36.4 Å². The molecule has 5 nitrogen and oxygen atoms in total. The Hall–Kier alpha value is -2.58. The van der Waals surface area contributed by atoms with E-state index in [9.17, 15) is 4.79 Å². The van der Waals surface area contributed by atoms with Crippen molar-refractivity contribution < 1.29 is 9.21 Å². The van der Waals surface area contributed by atoms with Gasteiger partial charge in [-0.2, -0.15) is 5.26 Å². The standard InChI is InChI=1S/C13H11N3O2/c14-7-9-1-3-10(4-2-9)16-13(17)12-6-5-11(8-15)18-12/h1-6H,8,15H2,(H,16,17). The van der Waals surface area contributed by atoms with Crippen LogP contribution in [0.5, 0.6) is 0 Å². The summed E-state index contributed by atoms with van der Waals surface area (Å²) in [4.78, 5) is 11.8. The zero-order chi connectivity index (χ0) is 13.0. The van der Waals surface area contributed by atoms with Gasteiger partial charge in [-0.15, -0.1) is 0 Å². The van der Waals surface area contributed by atoms with Crippen LogP contribution in [0.25, 0.3) is 0 Å². The van der Waals surface area contributed by atoms with E-state index in [0.29, 0.717) is 17.0 Å². The molecule has 1 aromatic carbocycles. The predicted molar refractivity (Wildman–Crippen MR) is 65.7 cm³/mol. The molecule has 0 atom stereocenters. The average molecular weight is 241 g/mol. The highest BCUT2D eigenvalue weighted by Crippen LogP contribution is 2.12. The van der Waals surface area contributed by atoms with Crippen LogP contribution < -0.4 is 11.1 Å². The second-order valence-corrected chi connectivity index (χ2v) is 3.61. The second-order valence-electron chi connectivity index (χ2n) is 3.61. The summed E-state index contributed by atoms with van der Waals surface area (Å²) in [5, 5.41) is 11.3. The van der Waals surface area contributed by atoms with Crippen molar-refractivity contribution in [2.75, 3.05) is 5.32 Å². The van der Waals surface area contributed by atoms with Crippen LogP contribution in [0.1, 0.15) is 21.9 Å². The van der Waals surface area contributed by atoms with E-state index in [0.717, 1.165) is 0 Å². The lowest BCUT2D eigenvalue weighted by Crippen LogP contribution is -2.10. The molecule has 0 aliphatic carbocycles. The summed E-state index contributed by atoms with van der Waals surface area (Å²) in [6, 6.07) is 11.8. The van der Waals surface area contributed by atoms with Crippen LogP contribution in [0.3, 0.4) is 0 Å². The number of nitrogens with zero attached hydrogens (tertiary/aromatic N) is 1. The van der Waals surface area contributed by atoms with Crippen molar-refractivity contribution in [3.05, 3.63) is 53.5 Å². The minimum absolute atomic E-state index is 0.208. The zero-order valence-electron chi connectivity index (χ0n) is 9.51. The lowest BCUT2D eigenvalue weighted by molar-refractivity contribution is 0.0995. The molecule has 1 aromatic heterocycles. The highest BCUT2D eigenvalue weighted by molar-refractivity contribution is 6.02. The van der Waals surface area contributed by atoms with Crippen molar-refractivity contribution in [3.8, 4) is 6.07 Å². The second kappa shape index (κ2) is 5.17. The molecule has 0 saturated heterocycles. The molecule has 2 aromatic rings. The molecule has 0 radical (unpaired) electrons. The van der Waals surface area contributed by atoms with Crippen LogP contribution in [-0.4, -0.2) is 5.91 Å². The number of hydrogen-bond acceptors (Lipinski definition) is 4. The maximum absolute atomic E-state index is 11.8. The summed E-state index contributed by atoms with van der Waals surface area (Å²) in [6.45, 7) is 0.254. The number of hydrogen-bond donors (Lipinski definition) is 2. The number of amides is 1. The molecule has 1 amide bonds. The van der Waals surface area contributed by atoms with Crippen molar-refractivity contribution in [1.82, 2.24) is 0 Å². The number of carbonyl (C=O) groups is 1. The average Bonchev–Trinajstić information content (AvgIpc) is 2.88. The molecule has 0 saturated carbocycles. The van der Waals surface area contributed by atoms with Crippen LogP contribution in [0, 0.1) is 11.3 Å². The number of furan rings is 1. The number of carbonyl (C=O) groups excluding carboxylic acids is 1. The van der Waals surface area contributed by atoms with Crippen molar-refractivity contribution in [2.24, 2.45) is 5.73 Å². The summed E-state index contributed by atoms with van der Waals surface area (Å²) >= 11 is 0. The quantitative estimate of drug-likeness (QED) is 0.857. The topological polar surface area (TPSA) is 92.0 Å². The van der Waals surface area contributed by atoms with Gasteiger partial charge in [0.05, 0.1) is 18.2 Å². The first kappa shape index (κ1) is 11.9. The van der Waals surface area contributed by atoms with Crippen LogP contribution in [0.15, 0.2) is 40.8 Å². The van der Waals surface area contributed by atoms with Gasteiger partial charge in [0.15, 0.2) is 5.76 Å². The summed E-state index contributed by atoms with van der Waals surface area (Å²) in [5.41, 5.74) is 6.53. The Morgan fingerprint density at radius 2 is 2.00 bits per heavy atom. The first-order chi connectivity index (χ1) is 8.72. The molecule has 0 aliphatic rings. The lowest BCUT2D eigenvalue weighted by Gasteiger charge is -2.02. The first-order valence-electron chi connectivity index (χ1n) is 5.33. The molecule has 0 spiro atoms. The van der Waals surface area contributed by atoms with E-state index in [-0.39, 0.29) is 18.2 Å². The van der Waals surface area contributed by atoms with Gasteiger partial charge >= 0.3 is 0 Å². The molecular weight excluding hydrogens is 230 g/mol. The van der Waals surface area contributed by atoms with Gasteiger partial charge in [0, 0.05) is 5.69 Å². The molecule has 2 rings (SSSR count). The molecule has 0 bridgehead atoms. The largest absolute Gasteiger partial charge is 0.455 e. The van der Waals surface area contributed by atoms with E-state index < -0.39 is 0 Å².